The molecule has 0 radical (unpaired) electrons. The molecule has 2 saturated heterocycles. The van der Waals surface area contributed by atoms with E-state index in [0.29, 0.717) is 25.1 Å². The van der Waals surface area contributed by atoms with Crippen LogP contribution in [0.3, 0.4) is 0 Å². The Morgan fingerprint density at radius 3 is 2.77 bits per heavy atom. The van der Waals surface area contributed by atoms with E-state index in [4.69, 9.17) is 5.41 Å². The van der Waals surface area contributed by atoms with Gasteiger partial charge in [0.05, 0.1) is 0 Å². The normalized spacial score (nSPS) is 26.2. The summed E-state index contributed by atoms with van der Waals surface area (Å²) < 4.78 is 0. The molecule has 1 aromatic heterocycles. The van der Waals surface area contributed by atoms with Crippen molar-refractivity contribution in [1.82, 2.24) is 20.1 Å². The van der Waals surface area contributed by atoms with Gasteiger partial charge in [-0.1, -0.05) is 19.8 Å². The molecule has 0 aromatic carbocycles. The average Bonchev–Trinajstić information content (AvgIpc) is 2.91. The van der Waals surface area contributed by atoms with E-state index in [2.05, 4.69) is 17.2 Å². The number of unbranched alkanes of at least 4 members (excludes halogenated alkanes) is 1. The van der Waals surface area contributed by atoms with Crippen LogP contribution in [0.5, 0.6) is 0 Å². The van der Waals surface area contributed by atoms with Gasteiger partial charge in [-0.05, 0) is 31.4 Å². The maximum atomic E-state index is 13.0. The van der Waals surface area contributed by atoms with Crippen molar-refractivity contribution < 1.29 is 9.59 Å². The van der Waals surface area contributed by atoms with E-state index < -0.39 is 5.54 Å². The van der Waals surface area contributed by atoms with Crippen LogP contribution in [0.2, 0.25) is 0 Å². The Bertz CT molecular complexity index is 692. The number of piperidine rings is 1. The highest BCUT2D eigenvalue weighted by Gasteiger charge is 2.53. The number of rotatable bonds is 5. The molecule has 26 heavy (non-hydrogen) atoms. The summed E-state index contributed by atoms with van der Waals surface area (Å²) >= 11 is 0. The molecule has 3 heterocycles. The zero-order valence-electron chi connectivity index (χ0n) is 15.5. The van der Waals surface area contributed by atoms with Crippen LogP contribution in [-0.2, 0) is 4.79 Å². The summed E-state index contributed by atoms with van der Waals surface area (Å²) in [5.41, 5.74) is -0.141. The van der Waals surface area contributed by atoms with E-state index in [-0.39, 0.29) is 23.7 Å². The molecule has 0 spiro atoms. The predicted octanol–water partition coefficient (Wildman–Crippen LogP) is 1.86. The lowest BCUT2D eigenvalue weighted by Gasteiger charge is -2.42. The fourth-order valence-electron chi connectivity index (χ4n) is 4.10. The Hall–Kier alpha value is -2.44. The van der Waals surface area contributed by atoms with Crippen molar-refractivity contribution in [3.8, 4) is 0 Å². The Labute approximate surface area is 154 Å². The van der Waals surface area contributed by atoms with E-state index in [9.17, 15) is 9.59 Å². The minimum atomic E-state index is -0.765. The van der Waals surface area contributed by atoms with Gasteiger partial charge < -0.3 is 10.2 Å². The zero-order valence-corrected chi connectivity index (χ0v) is 15.5. The quantitative estimate of drug-likeness (QED) is 0.842. The molecule has 2 fully saturated rings. The number of carbonyl (C=O) groups excluding carboxylic acids is 2. The third kappa shape index (κ3) is 3.18. The molecule has 1 aromatic rings. The number of likely N-dealkylation sites (N-methyl/N-ethyl adjacent to an activating group) is 1. The van der Waals surface area contributed by atoms with Crippen LogP contribution in [0.4, 0.5) is 0 Å². The van der Waals surface area contributed by atoms with Gasteiger partial charge in [0.25, 0.3) is 11.8 Å². The van der Waals surface area contributed by atoms with Crippen molar-refractivity contribution in [1.29, 1.82) is 5.41 Å². The number of hydrogen-bond acceptors (Lipinski definition) is 4. The molecule has 3 rings (SSSR count). The van der Waals surface area contributed by atoms with Crippen LogP contribution in [0.15, 0.2) is 24.5 Å². The van der Waals surface area contributed by atoms with E-state index >= 15 is 0 Å². The van der Waals surface area contributed by atoms with Gasteiger partial charge in [0.1, 0.15) is 5.54 Å². The number of pyridine rings is 1. The molecule has 2 aliphatic heterocycles. The lowest BCUT2D eigenvalue weighted by atomic mass is 9.75. The first-order chi connectivity index (χ1) is 12.5. The largest absolute Gasteiger partial charge is 0.341 e. The van der Waals surface area contributed by atoms with E-state index in [1.165, 1.54) is 4.90 Å². The molecule has 2 N–H and O–H groups in total. The second-order valence-corrected chi connectivity index (χ2v) is 7.24. The number of nitrogens with one attached hydrogen (secondary N) is 2. The molecule has 2 amide bonds. The predicted molar refractivity (Wildman–Crippen MR) is 98.8 cm³/mol. The minimum Gasteiger partial charge on any atom is -0.341 e. The fraction of sp³-hybridized carbons (Fsp3) is 0.579. The summed E-state index contributed by atoms with van der Waals surface area (Å²) in [5.74, 6) is 0.103. The smallest absolute Gasteiger partial charge is 0.255 e. The summed E-state index contributed by atoms with van der Waals surface area (Å²) in [4.78, 5) is 33.0. The third-order valence-corrected chi connectivity index (χ3v) is 5.62. The molecular formula is C19H27N5O2. The first-order valence-corrected chi connectivity index (χ1v) is 9.33. The van der Waals surface area contributed by atoms with E-state index in [1.807, 2.05) is 4.90 Å². The number of likely N-dealkylation sites (tertiary alicyclic amines) is 1. The number of aromatic nitrogens is 1. The summed E-state index contributed by atoms with van der Waals surface area (Å²) in [5, 5.41) is 11.3. The van der Waals surface area contributed by atoms with Crippen molar-refractivity contribution in [2.45, 2.75) is 44.6 Å². The van der Waals surface area contributed by atoms with Gasteiger partial charge in [0.2, 0.25) is 0 Å². The Balaban J connectivity index is 1.83. The molecule has 140 valence electrons. The van der Waals surface area contributed by atoms with Crippen molar-refractivity contribution in [3.63, 3.8) is 0 Å². The summed E-state index contributed by atoms with van der Waals surface area (Å²) in [6.45, 7) is 3.33. The second-order valence-electron chi connectivity index (χ2n) is 7.24. The minimum absolute atomic E-state index is 0.00591. The number of amides is 2. The molecule has 7 heteroatoms. The third-order valence-electron chi connectivity index (χ3n) is 5.62. The maximum absolute atomic E-state index is 13.0. The number of carbonyl (C=O) groups is 2. The standard InChI is InChI=1S/C19H27N5O2/c1-3-4-9-19(17(26)23(2)18(20)22-19)15-6-5-12-24(13-15)16(25)14-7-10-21-11-8-14/h7-8,10-11,15H,3-6,9,12-13H2,1-2H3,(H2,20,22). The van der Waals surface area contributed by atoms with Crippen LogP contribution in [-0.4, -0.2) is 58.2 Å². The average molecular weight is 357 g/mol. The van der Waals surface area contributed by atoms with Gasteiger partial charge in [0, 0.05) is 44.0 Å². The highest BCUT2D eigenvalue weighted by atomic mass is 16.2. The van der Waals surface area contributed by atoms with Crippen LogP contribution in [0, 0.1) is 11.3 Å². The molecular weight excluding hydrogens is 330 g/mol. The maximum Gasteiger partial charge on any atom is 0.255 e. The Kier molecular flexibility index (Phi) is 5.25. The SMILES string of the molecule is CCCCC1(C2CCCN(C(=O)c3ccncc3)C2)NC(=N)N(C)C1=O. The monoisotopic (exact) mass is 357 g/mol. The zero-order chi connectivity index (χ0) is 18.7. The summed E-state index contributed by atoms with van der Waals surface area (Å²) in [6, 6.07) is 3.45. The van der Waals surface area contributed by atoms with Crippen molar-refractivity contribution >= 4 is 17.8 Å². The van der Waals surface area contributed by atoms with Crippen LogP contribution in [0.25, 0.3) is 0 Å². The summed E-state index contributed by atoms with van der Waals surface area (Å²) in [6.07, 6.45) is 7.57. The molecule has 0 bridgehead atoms. The lowest BCUT2D eigenvalue weighted by Crippen LogP contribution is -2.58. The van der Waals surface area contributed by atoms with Gasteiger partial charge in [-0.2, -0.15) is 0 Å². The fourth-order valence-corrected chi connectivity index (χ4v) is 4.10. The molecule has 2 atom stereocenters. The highest BCUT2D eigenvalue weighted by Crippen LogP contribution is 2.36. The second kappa shape index (κ2) is 7.43. The number of hydrogen-bond donors (Lipinski definition) is 2. The van der Waals surface area contributed by atoms with Gasteiger partial charge >= 0.3 is 0 Å². The van der Waals surface area contributed by atoms with E-state index in [1.54, 1.807) is 31.6 Å². The summed E-state index contributed by atoms with van der Waals surface area (Å²) in [7, 11) is 1.65. The van der Waals surface area contributed by atoms with E-state index in [0.717, 1.165) is 25.7 Å². The van der Waals surface area contributed by atoms with Crippen molar-refractivity contribution in [2.24, 2.45) is 5.92 Å². The Morgan fingerprint density at radius 2 is 2.15 bits per heavy atom. The van der Waals surface area contributed by atoms with Gasteiger partial charge in [0.15, 0.2) is 5.96 Å². The van der Waals surface area contributed by atoms with Crippen molar-refractivity contribution in [2.75, 3.05) is 20.1 Å². The highest BCUT2D eigenvalue weighted by molar-refractivity contribution is 6.08. The van der Waals surface area contributed by atoms with Gasteiger partial charge in [-0.3, -0.25) is 24.9 Å². The topological polar surface area (TPSA) is 89.4 Å². The molecule has 0 saturated carbocycles. The molecule has 0 aliphatic carbocycles. The van der Waals surface area contributed by atoms with Crippen LogP contribution >= 0.6 is 0 Å². The van der Waals surface area contributed by atoms with Crippen molar-refractivity contribution in [3.05, 3.63) is 30.1 Å². The van der Waals surface area contributed by atoms with Gasteiger partial charge in [-0.15, -0.1) is 0 Å². The first kappa shape index (κ1) is 18.4. The number of guanidine groups is 1. The number of nitrogens with zero attached hydrogens (tertiary/aromatic N) is 3. The first-order valence-electron chi connectivity index (χ1n) is 9.33. The lowest BCUT2D eigenvalue weighted by molar-refractivity contribution is -0.133. The molecule has 2 unspecified atom stereocenters. The Morgan fingerprint density at radius 1 is 1.42 bits per heavy atom. The molecule has 7 nitrogen and oxygen atoms in total. The van der Waals surface area contributed by atoms with Crippen LogP contribution in [0.1, 0.15) is 49.4 Å². The molecule has 2 aliphatic rings. The van der Waals surface area contributed by atoms with Gasteiger partial charge in [-0.25, -0.2) is 0 Å². The van der Waals surface area contributed by atoms with Crippen LogP contribution < -0.4 is 5.32 Å².